The van der Waals surface area contributed by atoms with Crippen molar-refractivity contribution in [3.05, 3.63) is 76.2 Å². The van der Waals surface area contributed by atoms with Gasteiger partial charge >= 0.3 is 6.09 Å². The maximum absolute atomic E-state index is 14.9. The Morgan fingerprint density at radius 2 is 1.78 bits per heavy atom. The minimum Gasteiger partial charge on any atom is -0.484 e. The van der Waals surface area contributed by atoms with Crippen LogP contribution < -0.4 is 15.4 Å². The van der Waals surface area contributed by atoms with Gasteiger partial charge in [0.05, 0.1) is 12.2 Å². The SMILES string of the molecule is COC[C@H](C)NC(=O)c1cc(C(=O)Nc2ccn(C)n2)c(C)cc1O[C@H](CN1CCN(C(=O)OC(C)(C)C)[C@H](C)C1)c1ccc(C)c(F)c1. The maximum Gasteiger partial charge on any atom is 0.410 e. The van der Waals surface area contributed by atoms with E-state index in [0.717, 1.165) is 0 Å². The van der Waals surface area contributed by atoms with Crippen LogP contribution in [-0.2, 0) is 16.5 Å². The van der Waals surface area contributed by atoms with Crippen LogP contribution in [0.1, 0.15) is 78.1 Å². The summed E-state index contributed by atoms with van der Waals surface area (Å²) in [6.45, 7) is 14.8. The molecule has 49 heavy (non-hydrogen) atoms. The number of halogens is 1. The van der Waals surface area contributed by atoms with Crippen molar-refractivity contribution in [3.8, 4) is 5.75 Å². The molecule has 0 radical (unpaired) electrons. The number of hydrogen-bond acceptors (Lipinski definition) is 8. The summed E-state index contributed by atoms with van der Waals surface area (Å²) in [5, 5.41) is 9.91. The number of hydrogen-bond donors (Lipinski definition) is 2. The van der Waals surface area contributed by atoms with Gasteiger partial charge in [-0.3, -0.25) is 19.2 Å². The van der Waals surface area contributed by atoms with E-state index in [1.165, 1.54) is 12.1 Å². The fourth-order valence-electron chi connectivity index (χ4n) is 5.66. The molecule has 3 aromatic rings. The molecule has 1 aliphatic heterocycles. The third-order valence-corrected chi connectivity index (χ3v) is 8.17. The number of amides is 3. The Hall–Kier alpha value is -4.49. The van der Waals surface area contributed by atoms with Gasteiger partial charge in [-0.05, 0) is 83.4 Å². The average Bonchev–Trinajstić information content (AvgIpc) is 3.41. The molecule has 0 saturated carbocycles. The zero-order chi connectivity index (χ0) is 36.0. The summed E-state index contributed by atoms with van der Waals surface area (Å²) in [7, 11) is 3.29. The van der Waals surface area contributed by atoms with Crippen LogP contribution in [0, 0.1) is 19.7 Å². The summed E-state index contributed by atoms with van der Waals surface area (Å²) in [4.78, 5) is 43.8. The van der Waals surface area contributed by atoms with Crippen molar-refractivity contribution in [2.24, 2.45) is 7.05 Å². The number of nitrogens with zero attached hydrogens (tertiary/aromatic N) is 4. The minimum atomic E-state index is -0.703. The molecule has 3 amide bonds. The molecule has 1 fully saturated rings. The maximum atomic E-state index is 14.9. The minimum absolute atomic E-state index is 0.139. The zero-order valence-corrected chi connectivity index (χ0v) is 29.9. The van der Waals surface area contributed by atoms with Crippen molar-refractivity contribution < 1.29 is 33.0 Å². The van der Waals surface area contributed by atoms with Crippen LogP contribution in [0.5, 0.6) is 5.75 Å². The summed E-state index contributed by atoms with van der Waals surface area (Å²) >= 11 is 0. The number of anilines is 1. The van der Waals surface area contributed by atoms with E-state index in [9.17, 15) is 18.8 Å². The summed E-state index contributed by atoms with van der Waals surface area (Å²) in [6, 6.07) is 9.30. The monoisotopic (exact) mass is 680 g/mol. The van der Waals surface area contributed by atoms with Gasteiger partial charge in [0.15, 0.2) is 5.82 Å². The summed E-state index contributed by atoms with van der Waals surface area (Å²) < 4.78 is 34.0. The van der Waals surface area contributed by atoms with Crippen LogP contribution >= 0.6 is 0 Å². The van der Waals surface area contributed by atoms with Gasteiger partial charge in [-0.25, -0.2) is 9.18 Å². The van der Waals surface area contributed by atoms with Gasteiger partial charge in [0.2, 0.25) is 0 Å². The third kappa shape index (κ3) is 10.0. The van der Waals surface area contributed by atoms with Gasteiger partial charge in [0, 0.05) is 70.2 Å². The Balaban J connectivity index is 1.67. The predicted molar refractivity (Wildman–Crippen MR) is 184 cm³/mol. The van der Waals surface area contributed by atoms with Crippen LogP contribution in [0.15, 0.2) is 42.6 Å². The summed E-state index contributed by atoms with van der Waals surface area (Å²) in [6.07, 6.45) is 0.641. The average molecular weight is 681 g/mol. The van der Waals surface area contributed by atoms with Crippen LogP contribution in [0.3, 0.4) is 0 Å². The lowest BCUT2D eigenvalue weighted by Crippen LogP contribution is -2.55. The second kappa shape index (κ2) is 15.8. The molecule has 0 unspecified atom stereocenters. The number of methoxy groups -OCH3 is 1. The van der Waals surface area contributed by atoms with Crippen molar-refractivity contribution >= 4 is 23.7 Å². The number of carbonyl (C=O) groups is 3. The quantitative estimate of drug-likeness (QED) is 0.281. The number of nitrogens with one attached hydrogen (secondary N) is 2. The van der Waals surface area contributed by atoms with Crippen molar-refractivity contribution in [1.82, 2.24) is 24.9 Å². The predicted octanol–water partition coefficient (Wildman–Crippen LogP) is 5.25. The molecule has 0 bridgehead atoms. The van der Waals surface area contributed by atoms with E-state index in [0.29, 0.717) is 48.7 Å². The van der Waals surface area contributed by atoms with Gasteiger partial charge in [-0.1, -0.05) is 12.1 Å². The topological polar surface area (TPSA) is 127 Å². The molecule has 266 valence electrons. The van der Waals surface area contributed by atoms with E-state index >= 15 is 0 Å². The third-order valence-electron chi connectivity index (χ3n) is 8.17. The largest absolute Gasteiger partial charge is 0.484 e. The molecule has 1 aliphatic rings. The van der Waals surface area contributed by atoms with Gasteiger partial charge in [0.1, 0.15) is 23.3 Å². The molecule has 2 N–H and O–H groups in total. The Kier molecular flexibility index (Phi) is 12.0. The second-order valence-electron chi connectivity index (χ2n) is 13.7. The van der Waals surface area contributed by atoms with Crippen LogP contribution in [0.2, 0.25) is 0 Å². The van der Waals surface area contributed by atoms with Crippen LogP contribution in [0.25, 0.3) is 0 Å². The van der Waals surface area contributed by atoms with Crippen LogP contribution in [0.4, 0.5) is 15.0 Å². The highest BCUT2D eigenvalue weighted by atomic mass is 19.1. The zero-order valence-electron chi connectivity index (χ0n) is 29.9. The number of rotatable bonds is 11. The fraction of sp³-hybridized carbons (Fsp3) is 0.500. The standard InChI is InChI=1S/C36H49FN6O6/c1-22-10-11-26(17-29(22)37)31(20-42-14-15-43(25(4)19-42)35(46)49-36(5,6)7)48-30-16-23(2)27(33(44)39-32-12-13-41(8)40-32)18-28(30)34(45)38-24(3)21-47-9/h10-13,16-18,24-25,31H,14-15,19-21H2,1-9H3,(H,38,45)(H,39,40,44)/t24-,25+,31+/m0/s1. The van der Waals surface area contributed by atoms with Gasteiger partial charge in [-0.15, -0.1) is 0 Å². The lowest BCUT2D eigenvalue weighted by Gasteiger charge is -2.41. The summed E-state index contributed by atoms with van der Waals surface area (Å²) in [5.41, 5.74) is 1.44. The lowest BCUT2D eigenvalue weighted by molar-refractivity contribution is -0.00301. The first-order chi connectivity index (χ1) is 23.0. The van der Waals surface area contributed by atoms with E-state index in [4.69, 9.17) is 14.2 Å². The smallest absolute Gasteiger partial charge is 0.410 e. The normalized spacial score (nSPS) is 16.5. The Bertz CT molecular complexity index is 1650. The molecule has 13 heteroatoms. The number of carbonyl (C=O) groups excluding carboxylic acids is 3. The van der Waals surface area contributed by atoms with Crippen molar-refractivity contribution in [2.45, 2.75) is 72.3 Å². The molecule has 2 aromatic carbocycles. The van der Waals surface area contributed by atoms with Gasteiger partial charge in [-0.2, -0.15) is 5.10 Å². The van der Waals surface area contributed by atoms with E-state index < -0.39 is 23.5 Å². The number of benzene rings is 2. The lowest BCUT2D eigenvalue weighted by atomic mass is 10.0. The molecule has 4 rings (SSSR count). The molecule has 1 saturated heterocycles. The first kappa shape index (κ1) is 37.3. The van der Waals surface area contributed by atoms with E-state index in [1.54, 1.807) is 68.9 Å². The molecular weight excluding hydrogens is 631 g/mol. The second-order valence-corrected chi connectivity index (χ2v) is 13.7. The summed E-state index contributed by atoms with van der Waals surface area (Å²) in [5.74, 6) is -0.663. The molecule has 0 aliphatic carbocycles. The van der Waals surface area contributed by atoms with Crippen molar-refractivity contribution in [3.63, 3.8) is 0 Å². The molecule has 3 atom stereocenters. The Morgan fingerprint density at radius 3 is 2.39 bits per heavy atom. The van der Waals surface area contributed by atoms with E-state index in [1.807, 2.05) is 33.8 Å². The highest BCUT2D eigenvalue weighted by Gasteiger charge is 2.33. The fourth-order valence-corrected chi connectivity index (χ4v) is 5.66. The van der Waals surface area contributed by atoms with Gasteiger partial charge in [0.25, 0.3) is 11.8 Å². The van der Waals surface area contributed by atoms with Gasteiger partial charge < -0.3 is 29.7 Å². The molecule has 1 aromatic heterocycles. The van der Waals surface area contributed by atoms with E-state index in [2.05, 4.69) is 20.6 Å². The number of aryl methyl sites for hydroxylation is 3. The molecule has 0 spiro atoms. The van der Waals surface area contributed by atoms with Crippen molar-refractivity contribution in [1.29, 1.82) is 0 Å². The van der Waals surface area contributed by atoms with Crippen molar-refractivity contribution in [2.75, 3.05) is 45.2 Å². The Morgan fingerprint density at radius 1 is 1.04 bits per heavy atom. The first-order valence-corrected chi connectivity index (χ1v) is 16.4. The number of aromatic nitrogens is 2. The highest BCUT2D eigenvalue weighted by molar-refractivity contribution is 6.07. The van der Waals surface area contributed by atoms with E-state index in [-0.39, 0.29) is 47.5 Å². The molecule has 12 nitrogen and oxygen atoms in total. The Labute approximate surface area is 287 Å². The molecular formula is C36H49FN6O6. The van der Waals surface area contributed by atoms with Crippen LogP contribution in [-0.4, -0.2) is 95.1 Å². The first-order valence-electron chi connectivity index (χ1n) is 16.4. The highest BCUT2D eigenvalue weighted by Crippen LogP contribution is 2.31. The number of piperazine rings is 1. The number of ether oxygens (including phenoxy) is 3. The molecule has 2 heterocycles.